The van der Waals surface area contributed by atoms with Crippen LogP contribution in [0.1, 0.15) is 37.8 Å². The SMILES string of the molecule is Cc1cc(NC(=O)N2CCc3ccccc32)c2oc(N3CCC(C)(C)CC3)cc(=O)c2c1. The van der Waals surface area contributed by atoms with Crippen molar-refractivity contribution >= 4 is 34.3 Å². The summed E-state index contributed by atoms with van der Waals surface area (Å²) in [5, 5.41) is 3.50. The number of nitrogens with zero attached hydrogens (tertiary/aromatic N) is 2. The van der Waals surface area contributed by atoms with Crippen LogP contribution in [-0.2, 0) is 6.42 Å². The van der Waals surface area contributed by atoms with Gasteiger partial charge in [-0.25, -0.2) is 4.79 Å². The third-order valence-corrected chi connectivity index (χ3v) is 6.76. The highest BCUT2D eigenvalue weighted by Crippen LogP contribution is 2.34. The predicted molar refractivity (Wildman–Crippen MR) is 129 cm³/mol. The highest BCUT2D eigenvalue weighted by Gasteiger charge is 2.28. The number of piperidine rings is 1. The number of carbonyl (C=O) groups is 1. The molecule has 1 fully saturated rings. The van der Waals surface area contributed by atoms with Crippen LogP contribution in [-0.4, -0.2) is 25.7 Å². The number of aryl methyl sites for hydroxylation is 1. The lowest BCUT2D eigenvalue weighted by atomic mass is 9.83. The normalized spacial score (nSPS) is 17.5. The second-order valence-electron chi connectivity index (χ2n) is 9.75. The fourth-order valence-corrected chi connectivity index (χ4v) is 4.70. The van der Waals surface area contributed by atoms with E-state index in [9.17, 15) is 9.59 Å². The van der Waals surface area contributed by atoms with Crippen LogP contribution >= 0.6 is 0 Å². The zero-order chi connectivity index (χ0) is 22.5. The van der Waals surface area contributed by atoms with Gasteiger partial charge in [-0.1, -0.05) is 32.0 Å². The zero-order valence-corrected chi connectivity index (χ0v) is 18.9. The Balaban J connectivity index is 1.49. The van der Waals surface area contributed by atoms with Crippen molar-refractivity contribution in [2.24, 2.45) is 5.41 Å². The Kier molecular flexibility index (Phi) is 4.96. The lowest BCUT2D eigenvalue weighted by Gasteiger charge is -2.37. The van der Waals surface area contributed by atoms with Crippen LogP contribution < -0.4 is 20.5 Å². The molecule has 3 heterocycles. The molecule has 6 heteroatoms. The van der Waals surface area contributed by atoms with E-state index in [1.54, 1.807) is 11.0 Å². The van der Waals surface area contributed by atoms with Gasteiger partial charge in [0.05, 0.1) is 11.1 Å². The molecule has 1 aromatic heterocycles. The number of urea groups is 1. The molecule has 0 aliphatic carbocycles. The first kappa shape index (κ1) is 20.6. The van der Waals surface area contributed by atoms with Gasteiger partial charge in [-0.2, -0.15) is 0 Å². The predicted octanol–water partition coefficient (Wildman–Crippen LogP) is 5.32. The zero-order valence-electron chi connectivity index (χ0n) is 18.9. The maximum Gasteiger partial charge on any atom is 0.326 e. The van der Waals surface area contributed by atoms with Gasteiger partial charge in [0.2, 0.25) is 0 Å². The number of carbonyl (C=O) groups excluding carboxylic acids is 1. The van der Waals surface area contributed by atoms with Crippen molar-refractivity contribution in [3.05, 3.63) is 63.8 Å². The average molecular weight is 432 g/mol. The van der Waals surface area contributed by atoms with Crippen LogP contribution in [0.5, 0.6) is 0 Å². The first-order valence-electron chi connectivity index (χ1n) is 11.3. The molecule has 0 radical (unpaired) electrons. The Hall–Kier alpha value is -3.28. The van der Waals surface area contributed by atoms with Crippen LogP contribution in [0.4, 0.5) is 22.1 Å². The summed E-state index contributed by atoms with van der Waals surface area (Å²) in [4.78, 5) is 30.0. The van der Waals surface area contributed by atoms with E-state index >= 15 is 0 Å². The highest BCUT2D eigenvalue weighted by molar-refractivity contribution is 6.07. The Morgan fingerprint density at radius 3 is 2.59 bits per heavy atom. The number of hydrogen-bond acceptors (Lipinski definition) is 4. The summed E-state index contributed by atoms with van der Waals surface area (Å²) in [5.41, 5.74) is 4.18. The summed E-state index contributed by atoms with van der Waals surface area (Å²) in [6.45, 7) is 8.79. The molecular formula is C26H29N3O3. The number of nitrogens with one attached hydrogen (secondary N) is 1. The second-order valence-corrected chi connectivity index (χ2v) is 9.75. The lowest BCUT2D eigenvalue weighted by Crippen LogP contribution is -2.37. The highest BCUT2D eigenvalue weighted by atomic mass is 16.4. The summed E-state index contributed by atoms with van der Waals surface area (Å²) in [5.74, 6) is 0.573. The van der Waals surface area contributed by atoms with E-state index in [1.807, 2.05) is 37.3 Å². The number of fused-ring (bicyclic) bond motifs is 2. The van der Waals surface area contributed by atoms with Crippen LogP contribution in [0.2, 0.25) is 0 Å². The molecule has 0 bridgehead atoms. The molecule has 3 aromatic rings. The average Bonchev–Trinajstić information content (AvgIpc) is 3.18. The molecule has 6 nitrogen and oxygen atoms in total. The summed E-state index contributed by atoms with van der Waals surface area (Å²) >= 11 is 0. The molecule has 0 saturated carbocycles. The van der Waals surface area contributed by atoms with E-state index in [2.05, 4.69) is 30.1 Å². The molecule has 2 aliphatic heterocycles. The lowest BCUT2D eigenvalue weighted by molar-refractivity contribution is 0.257. The molecule has 0 spiro atoms. The molecule has 1 saturated heterocycles. The molecule has 0 unspecified atom stereocenters. The summed E-state index contributed by atoms with van der Waals surface area (Å²) < 4.78 is 6.26. The number of rotatable bonds is 2. The van der Waals surface area contributed by atoms with Crippen LogP contribution in [0, 0.1) is 12.3 Å². The van der Waals surface area contributed by atoms with Gasteiger partial charge in [-0.3, -0.25) is 9.69 Å². The van der Waals surface area contributed by atoms with Crippen molar-refractivity contribution in [3.63, 3.8) is 0 Å². The molecule has 1 N–H and O–H groups in total. The first-order valence-corrected chi connectivity index (χ1v) is 11.3. The molecule has 2 amide bonds. The monoisotopic (exact) mass is 431 g/mol. The standard InChI is InChI=1S/C26H29N3O3/c1-17-14-19-22(30)16-23(28-12-9-26(2,3)10-13-28)32-24(19)20(15-17)27-25(31)29-11-8-18-6-4-5-7-21(18)29/h4-7,14-16H,8-13H2,1-3H3,(H,27,31). The van der Waals surface area contributed by atoms with Gasteiger partial charge < -0.3 is 14.6 Å². The third-order valence-electron chi connectivity index (χ3n) is 6.76. The largest absolute Gasteiger partial charge is 0.438 e. The number of hydrogen-bond donors (Lipinski definition) is 1. The third kappa shape index (κ3) is 3.74. The number of amides is 2. The van der Waals surface area contributed by atoms with E-state index in [4.69, 9.17) is 4.42 Å². The van der Waals surface area contributed by atoms with E-state index in [0.717, 1.165) is 43.6 Å². The minimum Gasteiger partial charge on any atom is -0.438 e. The van der Waals surface area contributed by atoms with Crippen molar-refractivity contribution in [1.29, 1.82) is 0 Å². The van der Waals surface area contributed by atoms with Gasteiger partial charge in [-0.05, 0) is 60.9 Å². The smallest absolute Gasteiger partial charge is 0.326 e. The van der Waals surface area contributed by atoms with E-state index < -0.39 is 0 Å². The topological polar surface area (TPSA) is 65.8 Å². The quantitative estimate of drug-likeness (QED) is 0.596. The van der Waals surface area contributed by atoms with Crippen LogP contribution in [0.3, 0.4) is 0 Å². The Morgan fingerprint density at radius 2 is 1.81 bits per heavy atom. The Morgan fingerprint density at radius 1 is 1.06 bits per heavy atom. The fraction of sp³-hybridized carbons (Fsp3) is 0.385. The Labute approximate surface area is 187 Å². The molecule has 2 aliphatic rings. The number of para-hydroxylation sites is 1. The van der Waals surface area contributed by atoms with Gasteiger partial charge in [0.25, 0.3) is 0 Å². The maximum absolute atomic E-state index is 13.2. The van der Waals surface area contributed by atoms with Crippen molar-refractivity contribution in [2.45, 2.75) is 40.0 Å². The molecule has 166 valence electrons. The minimum absolute atomic E-state index is 0.0863. The van der Waals surface area contributed by atoms with Crippen LogP contribution in [0.15, 0.2) is 51.7 Å². The van der Waals surface area contributed by atoms with Crippen molar-refractivity contribution in [1.82, 2.24) is 0 Å². The number of benzene rings is 2. The molecule has 0 atom stereocenters. The van der Waals surface area contributed by atoms with Gasteiger partial charge in [0.15, 0.2) is 16.9 Å². The summed E-state index contributed by atoms with van der Waals surface area (Å²) in [7, 11) is 0. The van der Waals surface area contributed by atoms with Gasteiger partial charge >= 0.3 is 6.03 Å². The minimum atomic E-state index is -0.213. The summed E-state index contributed by atoms with van der Waals surface area (Å²) in [6.07, 6.45) is 2.92. The fourth-order valence-electron chi connectivity index (χ4n) is 4.70. The van der Waals surface area contributed by atoms with Crippen molar-refractivity contribution in [2.75, 3.05) is 34.8 Å². The second kappa shape index (κ2) is 7.69. The Bertz CT molecular complexity index is 1250. The molecule has 5 rings (SSSR count). The van der Waals surface area contributed by atoms with Gasteiger partial charge in [0.1, 0.15) is 0 Å². The van der Waals surface area contributed by atoms with Gasteiger partial charge in [-0.15, -0.1) is 0 Å². The van der Waals surface area contributed by atoms with E-state index in [-0.39, 0.29) is 11.5 Å². The van der Waals surface area contributed by atoms with Crippen molar-refractivity contribution in [3.8, 4) is 0 Å². The molecule has 32 heavy (non-hydrogen) atoms. The first-order chi connectivity index (χ1) is 15.3. The molecule has 2 aromatic carbocycles. The van der Waals surface area contributed by atoms with Crippen LogP contribution in [0.25, 0.3) is 11.0 Å². The van der Waals surface area contributed by atoms with E-state index in [1.165, 1.54) is 5.56 Å². The molecular weight excluding hydrogens is 402 g/mol. The van der Waals surface area contributed by atoms with E-state index in [0.29, 0.717) is 34.5 Å². The van der Waals surface area contributed by atoms with Crippen molar-refractivity contribution < 1.29 is 9.21 Å². The maximum atomic E-state index is 13.2. The van der Waals surface area contributed by atoms with Gasteiger partial charge in [0, 0.05) is 31.4 Å². The summed E-state index contributed by atoms with van der Waals surface area (Å²) in [6, 6.07) is 13.0. The number of anilines is 3.